The van der Waals surface area contributed by atoms with E-state index in [0.29, 0.717) is 23.6 Å². The van der Waals surface area contributed by atoms with Crippen molar-refractivity contribution in [2.75, 3.05) is 4.31 Å². The van der Waals surface area contributed by atoms with Crippen LogP contribution in [-0.2, 0) is 19.6 Å². The number of rotatable bonds is 8. The minimum atomic E-state index is -4.32. The minimum Gasteiger partial charge on any atom is -0.426 e. The Morgan fingerprint density at radius 1 is 0.875 bits per heavy atom. The number of nitrogens with zero attached hydrogens (tertiary/aromatic N) is 1. The summed E-state index contributed by atoms with van der Waals surface area (Å²) in [6.45, 7) is 3.63. The highest BCUT2D eigenvalue weighted by molar-refractivity contribution is 7.93. The van der Waals surface area contributed by atoms with E-state index in [0.717, 1.165) is 28.6 Å². The second-order valence-electron chi connectivity index (χ2n) is 7.22. The molecule has 0 N–H and O–H groups in total. The molecule has 3 aromatic rings. The number of carbonyl (C=O) groups is 2. The molecule has 0 aliphatic heterocycles. The molecular weight excluding hydrogens is 433 g/mol. The molecule has 32 heavy (non-hydrogen) atoms. The van der Waals surface area contributed by atoms with E-state index in [4.69, 9.17) is 4.74 Å². The molecule has 0 aliphatic carbocycles. The van der Waals surface area contributed by atoms with Gasteiger partial charge in [-0.25, -0.2) is 17.1 Å². The van der Waals surface area contributed by atoms with Gasteiger partial charge >= 0.3 is 5.97 Å². The molecule has 168 valence electrons. The van der Waals surface area contributed by atoms with Crippen LogP contribution in [0, 0.1) is 5.82 Å². The molecule has 0 atom stereocenters. The van der Waals surface area contributed by atoms with Gasteiger partial charge in [-0.15, -0.1) is 0 Å². The van der Waals surface area contributed by atoms with E-state index >= 15 is 0 Å². The molecule has 0 heterocycles. The summed E-state index contributed by atoms with van der Waals surface area (Å²) in [7, 11) is -4.32. The molecule has 0 bridgehead atoms. The van der Waals surface area contributed by atoms with E-state index in [1.807, 2.05) is 6.92 Å². The number of benzene rings is 3. The molecule has 0 aromatic heterocycles. The molecule has 3 aromatic carbocycles. The third-order valence-corrected chi connectivity index (χ3v) is 6.55. The summed E-state index contributed by atoms with van der Waals surface area (Å²) in [5.41, 5.74) is 0.138. The van der Waals surface area contributed by atoms with Gasteiger partial charge in [0.2, 0.25) is 5.91 Å². The van der Waals surface area contributed by atoms with Gasteiger partial charge in [-0.1, -0.05) is 38.1 Å². The van der Waals surface area contributed by atoms with Gasteiger partial charge in [-0.3, -0.25) is 9.59 Å². The first-order valence-corrected chi connectivity index (χ1v) is 11.8. The molecule has 0 saturated carbocycles. The minimum absolute atomic E-state index is 0.00197. The number of ether oxygens (including phenoxy) is 1. The Morgan fingerprint density at radius 3 is 2.12 bits per heavy atom. The highest BCUT2D eigenvalue weighted by Gasteiger charge is 2.32. The van der Waals surface area contributed by atoms with Gasteiger partial charge < -0.3 is 4.74 Å². The Hall–Kier alpha value is -3.26. The lowest BCUT2D eigenvalue weighted by atomic mass is 10.1. The fourth-order valence-corrected chi connectivity index (χ4v) is 4.79. The molecule has 1 amide bonds. The number of halogens is 1. The van der Waals surface area contributed by atoms with Crippen molar-refractivity contribution in [3.05, 3.63) is 66.5 Å². The van der Waals surface area contributed by atoms with Crippen molar-refractivity contribution in [2.45, 2.75) is 44.4 Å². The first-order valence-electron chi connectivity index (χ1n) is 10.4. The number of hydrogen-bond donors (Lipinski definition) is 0. The third kappa shape index (κ3) is 4.80. The lowest BCUT2D eigenvalue weighted by molar-refractivity contribution is -0.134. The summed E-state index contributed by atoms with van der Waals surface area (Å²) in [4.78, 5) is 24.8. The zero-order valence-corrected chi connectivity index (χ0v) is 18.7. The maximum atomic E-state index is 13.4. The molecule has 0 saturated heterocycles. The first-order chi connectivity index (χ1) is 15.3. The van der Waals surface area contributed by atoms with Crippen LogP contribution in [0.4, 0.5) is 10.1 Å². The van der Waals surface area contributed by atoms with E-state index in [9.17, 15) is 22.4 Å². The normalized spacial score (nSPS) is 11.3. The Balaban J connectivity index is 2.19. The van der Waals surface area contributed by atoms with Gasteiger partial charge in [0.25, 0.3) is 10.0 Å². The van der Waals surface area contributed by atoms with Gasteiger partial charge in [0, 0.05) is 23.6 Å². The third-order valence-electron chi connectivity index (χ3n) is 4.80. The van der Waals surface area contributed by atoms with Crippen LogP contribution in [0.5, 0.6) is 5.75 Å². The van der Waals surface area contributed by atoms with Crippen molar-refractivity contribution in [1.29, 1.82) is 0 Å². The first kappa shape index (κ1) is 23.4. The predicted octanol–water partition coefficient (Wildman–Crippen LogP) is 5.21. The van der Waals surface area contributed by atoms with Crippen LogP contribution in [0.1, 0.15) is 39.5 Å². The second kappa shape index (κ2) is 9.91. The predicted molar refractivity (Wildman–Crippen MR) is 120 cm³/mol. The summed E-state index contributed by atoms with van der Waals surface area (Å²) >= 11 is 0. The topological polar surface area (TPSA) is 80.8 Å². The summed E-state index contributed by atoms with van der Waals surface area (Å²) in [6.07, 6.45) is 1.32. The molecule has 8 heteroatoms. The standard InChI is InChI=1S/C24H24FNO5S/c1-3-7-23(27)26(32(29,30)18-13-11-17(25)12-14-18)21-15-16-22(31-24(28)8-4-2)20-10-6-5-9-19(20)21/h5-6,9-16H,3-4,7-8H2,1-2H3. The number of esters is 1. The van der Waals surface area contributed by atoms with Crippen molar-refractivity contribution >= 4 is 38.4 Å². The van der Waals surface area contributed by atoms with Crippen molar-refractivity contribution < 1.29 is 27.1 Å². The lowest BCUT2D eigenvalue weighted by Crippen LogP contribution is -2.37. The monoisotopic (exact) mass is 457 g/mol. The largest absolute Gasteiger partial charge is 0.426 e. The Bertz CT molecular complexity index is 1240. The van der Waals surface area contributed by atoms with Crippen molar-refractivity contribution in [2.24, 2.45) is 0 Å². The molecule has 3 rings (SSSR count). The van der Waals surface area contributed by atoms with E-state index in [-0.39, 0.29) is 29.2 Å². The molecule has 0 fully saturated rings. The maximum absolute atomic E-state index is 13.4. The number of fused-ring (bicyclic) bond motifs is 1. The van der Waals surface area contributed by atoms with Crippen LogP contribution in [0.3, 0.4) is 0 Å². The van der Waals surface area contributed by atoms with Crippen LogP contribution in [-0.4, -0.2) is 20.3 Å². The quantitative estimate of drug-likeness (QED) is 0.343. The number of hydrogen-bond acceptors (Lipinski definition) is 5. The average molecular weight is 458 g/mol. The Morgan fingerprint density at radius 2 is 1.50 bits per heavy atom. The van der Waals surface area contributed by atoms with Crippen LogP contribution < -0.4 is 9.04 Å². The zero-order valence-electron chi connectivity index (χ0n) is 17.9. The number of carbonyl (C=O) groups excluding carboxylic acids is 2. The zero-order chi connectivity index (χ0) is 23.3. The van der Waals surface area contributed by atoms with Crippen LogP contribution >= 0.6 is 0 Å². The molecule has 6 nitrogen and oxygen atoms in total. The molecule has 0 spiro atoms. The summed E-state index contributed by atoms with van der Waals surface area (Å²) in [6, 6.07) is 14.0. The fraction of sp³-hybridized carbons (Fsp3) is 0.250. The van der Waals surface area contributed by atoms with Gasteiger partial charge in [-0.2, -0.15) is 0 Å². The van der Waals surface area contributed by atoms with Gasteiger partial charge in [0.1, 0.15) is 11.6 Å². The van der Waals surface area contributed by atoms with E-state index in [1.54, 1.807) is 31.2 Å². The van der Waals surface area contributed by atoms with Gasteiger partial charge in [0.15, 0.2) is 0 Å². The number of anilines is 1. The van der Waals surface area contributed by atoms with Gasteiger partial charge in [-0.05, 0) is 49.2 Å². The van der Waals surface area contributed by atoms with Crippen molar-refractivity contribution in [3.63, 3.8) is 0 Å². The SMILES string of the molecule is CCCC(=O)Oc1ccc(N(C(=O)CCC)S(=O)(=O)c2ccc(F)cc2)c2ccccc12. The summed E-state index contributed by atoms with van der Waals surface area (Å²) in [5.74, 6) is -1.31. The van der Waals surface area contributed by atoms with E-state index in [1.165, 1.54) is 12.1 Å². The molecular formula is C24H24FNO5S. The lowest BCUT2D eigenvalue weighted by Gasteiger charge is -2.24. The number of sulfonamides is 1. The van der Waals surface area contributed by atoms with E-state index < -0.39 is 27.7 Å². The van der Waals surface area contributed by atoms with Crippen molar-refractivity contribution in [3.8, 4) is 5.75 Å². The van der Waals surface area contributed by atoms with Crippen molar-refractivity contribution in [1.82, 2.24) is 0 Å². The second-order valence-corrected chi connectivity index (χ2v) is 9.01. The fourth-order valence-electron chi connectivity index (χ4n) is 3.32. The maximum Gasteiger partial charge on any atom is 0.311 e. The van der Waals surface area contributed by atoms with Gasteiger partial charge in [0.05, 0.1) is 10.6 Å². The van der Waals surface area contributed by atoms with Crippen LogP contribution in [0.15, 0.2) is 65.6 Å². The average Bonchev–Trinajstić information content (AvgIpc) is 2.76. The van der Waals surface area contributed by atoms with Crippen LogP contribution in [0.2, 0.25) is 0 Å². The number of amides is 1. The Kier molecular flexibility index (Phi) is 7.25. The summed E-state index contributed by atoms with van der Waals surface area (Å²) in [5, 5.41) is 0.933. The summed E-state index contributed by atoms with van der Waals surface area (Å²) < 4.78 is 46.5. The molecule has 0 unspecified atom stereocenters. The molecule has 0 radical (unpaired) electrons. The van der Waals surface area contributed by atoms with E-state index in [2.05, 4.69) is 0 Å². The van der Waals surface area contributed by atoms with Crippen LogP contribution in [0.25, 0.3) is 10.8 Å². The highest BCUT2D eigenvalue weighted by Crippen LogP contribution is 2.37. The highest BCUT2D eigenvalue weighted by atomic mass is 32.2. The molecule has 0 aliphatic rings. The smallest absolute Gasteiger partial charge is 0.311 e. The Labute approximate surface area is 186 Å².